The van der Waals surface area contributed by atoms with Crippen molar-refractivity contribution in [2.75, 3.05) is 0 Å². The van der Waals surface area contributed by atoms with Crippen LogP contribution in [0.15, 0.2) is 0 Å². The van der Waals surface area contributed by atoms with Crippen molar-refractivity contribution in [3.05, 3.63) is 6.92 Å². The van der Waals surface area contributed by atoms with E-state index in [1.807, 2.05) is 0 Å². The molecule has 3 heteroatoms. The Bertz CT molecular complexity index is 7.61. The molecular formula is C2H5I2Rf-. The van der Waals surface area contributed by atoms with E-state index in [9.17, 15) is 0 Å². The quantitative estimate of drug-likeness (QED) is 0.322. The minimum absolute atomic E-state index is 0. The molecule has 0 rings (SSSR count). The van der Waals surface area contributed by atoms with Crippen molar-refractivity contribution in [1.29, 1.82) is 0 Å². The molecule has 0 atom stereocenters. The van der Waals surface area contributed by atoms with Gasteiger partial charge in [-0.15, -0.1) is 0 Å². The van der Waals surface area contributed by atoms with Gasteiger partial charge in [0.05, 0.1) is 0 Å². The second-order valence-corrected chi connectivity index (χ2v) is 0. The van der Waals surface area contributed by atoms with Crippen LogP contribution in [0, 0.1) is 6.92 Å². The van der Waals surface area contributed by atoms with Gasteiger partial charge < -0.3 is 6.92 Å². The fourth-order valence-corrected chi connectivity index (χ4v) is 0. The summed E-state index contributed by atoms with van der Waals surface area (Å²) in [7, 11) is 0. The summed E-state index contributed by atoms with van der Waals surface area (Å²) in [6, 6.07) is 0. The largest absolute Gasteiger partial charge is 0.346 e. The third kappa shape index (κ3) is 128. The van der Waals surface area contributed by atoms with Crippen LogP contribution in [0.3, 0.4) is 0 Å². The van der Waals surface area contributed by atoms with Crippen LogP contribution in [0.1, 0.15) is 6.92 Å². The first-order chi connectivity index (χ1) is 2.00. The van der Waals surface area contributed by atoms with Crippen LogP contribution in [-0.2, 0) is 0 Å². The predicted molar refractivity (Wildman–Crippen MR) is 39.1 cm³/mol. The van der Waals surface area contributed by atoms with Crippen LogP contribution >= 0.6 is 37.2 Å². The summed E-state index contributed by atoms with van der Waals surface area (Å²) >= 11 is 4.24. The van der Waals surface area contributed by atoms with E-state index in [4.69, 9.17) is 0 Å². The molecule has 0 aliphatic rings. The zero-order chi connectivity index (χ0) is 4.00. The van der Waals surface area contributed by atoms with Gasteiger partial charge >= 0.3 is 0 Å². The summed E-state index contributed by atoms with van der Waals surface area (Å²) in [4.78, 5) is 0. The van der Waals surface area contributed by atoms with Crippen LogP contribution < -0.4 is 0 Å². The van der Waals surface area contributed by atoms with Gasteiger partial charge in [-0.1, -0.05) is 0 Å². The Hall–Kier alpha value is 0.460. The standard InChI is InChI=1S/C2H5.I2.Rf/c2*1-2;/h1H2,2H3;;/q-1;;. The summed E-state index contributed by atoms with van der Waals surface area (Å²) in [5, 5.41) is 0. The Balaban J connectivity index is -0.0000000133. The molecule has 0 N–H and O–H groups in total. The Morgan fingerprint density at radius 2 is 1.20 bits per heavy atom. The van der Waals surface area contributed by atoms with E-state index in [0.717, 1.165) is 0 Å². The minimum atomic E-state index is 0. The molecule has 0 aliphatic heterocycles. The molecule has 0 spiro atoms. The molecular weight excluding hydrogens is 545 g/mol. The second kappa shape index (κ2) is 252. The molecule has 0 heterocycles. The smallest absolute Gasteiger partial charge is 0 e. The van der Waals surface area contributed by atoms with Crippen LogP contribution in [-0.4, -0.2) is 0 Å². The maximum absolute atomic E-state index is 3.25. The zero-order valence-corrected chi connectivity index (χ0v) is 13.9. The van der Waals surface area contributed by atoms with E-state index in [2.05, 4.69) is 44.2 Å². The number of hydrogen-bond acceptors (Lipinski definition) is 0. The van der Waals surface area contributed by atoms with Crippen molar-refractivity contribution in [3.63, 3.8) is 0 Å². The first-order valence-corrected chi connectivity index (χ1v) is 7.14. The fraction of sp³-hybridized carbons (Fsp3) is 0.500. The van der Waals surface area contributed by atoms with Gasteiger partial charge in [-0.3, -0.25) is 0 Å². The summed E-state index contributed by atoms with van der Waals surface area (Å²) in [5.41, 5.74) is 0. The van der Waals surface area contributed by atoms with Crippen molar-refractivity contribution < 1.29 is 0 Å². The number of hydrogen-bond donors (Lipinski definition) is 0. The van der Waals surface area contributed by atoms with Crippen molar-refractivity contribution in [3.8, 4) is 0 Å². The van der Waals surface area contributed by atoms with Crippen LogP contribution in [0.2, 0.25) is 0 Å². The normalized spacial score (nSPS) is 2.40. The maximum Gasteiger partial charge on any atom is 0 e. The Kier molecular flexibility index (Phi) is 906. The van der Waals surface area contributed by atoms with Gasteiger partial charge in [-0.2, -0.15) is 6.92 Å². The molecule has 30 valence electrons. The third-order valence-electron chi connectivity index (χ3n) is 0. The van der Waals surface area contributed by atoms with Crippen LogP contribution in [0.5, 0.6) is 0 Å². The number of rotatable bonds is 0. The van der Waals surface area contributed by atoms with E-state index < -0.39 is 0 Å². The van der Waals surface area contributed by atoms with Gasteiger partial charge in [0, 0.05) is 37.2 Å². The van der Waals surface area contributed by atoms with Crippen molar-refractivity contribution >= 4 is 37.2 Å². The molecule has 0 saturated carbocycles. The monoisotopic (exact) mass is 550 g/mol. The molecule has 0 bridgehead atoms. The summed E-state index contributed by atoms with van der Waals surface area (Å²) in [6.07, 6.45) is 0. The van der Waals surface area contributed by atoms with Gasteiger partial charge in [0.15, 0.2) is 0 Å². The van der Waals surface area contributed by atoms with Crippen LogP contribution in [0.25, 0.3) is 0 Å². The molecule has 5 heavy (non-hydrogen) atoms. The van der Waals surface area contributed by atoms with Gasteiger partial charge in [0.1, 0.15) is 0 Å². The SMILES string of the molecule is II.[CH2-]C.[Rf]. The summed E-state index contributed by atoms with van der Waals surface area (Å²) in [6.45, 7) is 5.00. The molecule has 0 aromatic rings. The molecule has 0 aliphatic carbocycles. The van der Waals surface area contributed by atoms with Crippen molar-refractivity contribution in [2.24, 2.45) is 0 Å². The molecule has 0 unspecified atom stereocenters. The van der Waals surface area contributed by atoms with Gasteiger partial charge in [-0.25, -0.2) is 0 Å². The zero-order valence-electron chi connectivity index (χ0n) is 3.17. The van der Waals surface area contributed by atoms with Crippen LogP contribution in [0.4, 0.5) is 0 Å². The van der Waals surface area contributed by atoms with E-state index in [1.165, 1.54) is 0 Å². The maximum atomic E-state index is 3.25. The molecule has 0 fully saturated rings. The Labute approximate surface area is 50.7 Å². The Morgan fingerprint density at radius 3 is 1.20 bits per heavy atom. The van der Waals surface area contributed by atoms with Crippen molar-refractivity contribution in [2.45, 2.75) is 6.92 Å². The molecule has 0 amide bonds. The topological polar surface area (TPSA) is 0 Å². The van der Waals surface area contributed by atoms with E-state index in [-0.39, 0.29) is 0 Å². The van der Waals surface area contributed by atoms with E-state index >= 15 is 0 Å². The second-order valence-electron chi connectivity index (χ2n) is 0. The molecule has 0 saturated heterocycles. The molecule has 0 aromatic carbocycles. The molecule has 0 radical (unpaired) electrons. The first-order valence-electron chi connectivity index (χ1n) is 0.850. The summed E-state index contributed by atoms with van der Waals surface area (Å²) in [5.74, 6) is 0. The number of halogens is 2. The Morgan fingerprint density at radius 1 is 1.20 bits per heavy atom. The first kappa shape index (κ1) is 17.9. The average Bonchev–Trinajstić information content (AvgIpc) is 1.50. The molecule has 0 nitrogen and oxygen atoms in total. The third-order valence-corrected chi connectivity index (χ3v) is 0. The van der Waals surface area contributed by atoms with E-state index in [0.29, 0.717) is 0 Å². The minimum Gasteiger partial charge on any atom is -0.346 e. The van der Waals surface area contributed by atoms with Gasteiger partial charge in [-0.05, 0) is 0 Å². The van der Waals surface area contributed by atoms with E-state index in [1.54, 1.807) is 6.92 Å². The molecule has 0 aromatic heterocycles. The van der Waals surface area contributed by atoms with Gasteiger partial charge in [0.25, 0.3) is 0 Å². The predicted octanol–water partition coefficient (Wildman–Crippen LogP) is 2.61. The summed E-state index contributed by atoms with van der Waals surface area (Å²) < 4.78 is 0. The van der Waals surface area contributed by atoms with Crippen molar-refractivity contribution in [1.82, 2.24) is 0 Å². The average molecular weight is 550 g/mol. The fourth-order valence-electron chi connectivity index (χ4n) is 0. The van der Waals surface area contributed by atoms with Gasteiger partial charge in [0.2, 0.25) is 0 Å².